The van der Waals surface area contributed by atoms with Crippen molar-refractivity contribution in [2.45, 2.75) is 19.4 Å². The fraction of sp³-hybridized carbons (Fsp3) is 0.312. The van der Waals surface area contributed by atoms with E-state index in [-0.39, 0.29) is 6.10 Å². The number of aromatic nitrogens is 6. The minimum atomic E-state index is -0.323. The van der Waals surface area contributed by atoms with Crippen molar-refractivity contribution in [1.82, 2.24) is 30.6 Å². The van der Waals surface area contributed by atoms with Gasteiger partial charge >= 0.3 is 0 Å². The van der Waals surface area contributed by atoms with Gasteiger partial charge in [0.2, 0.25) is 11.6 Å². The maximum atomic E-state index is 9.81. The number of aromatic amines is 1. The van der Waals surface area contributed by atoms with E-state index in [4.69, 9.17) is 0 Å². The van der Waals surface area contributed by atoms with Gasteiger partial charge in [-0.15, -0.1) is 10.2 Å². The number of benzene rings is 1. The van der Waals surface area contributed by atoms with Crippen LogP contribution in [0.4, 0.5) is 5.82 Å². The van der Waals surface area contributed by atoms with Gasteiger partial charge in [0.25, 0.3) is 0 Å². The number of aliphatic hydroxyl groups excluding tert-OH is 1. The molecule has 1 atom stereocenters. The van der Waals surface area contributed by atoms with E-state index in [2.05, 4.69) is 30.6 Å². The number of anilines is 1. The van der Waals surface area contributed by atoms with E-state index >= 15 is 0 Å². The number of rotatable bonds is 3. The number of hydrogen-bond acceptors (Lipinski definition) is 7. The third-order valence-corrected chi connectivity index (χ3v) is 4.09. The number of H-pyrrole nitrogens is 1. The summed E-state index contributed by atoms with van der Waals surface area (Å²) in [5, 5.41) is 23.8. The Labute approximate surface area is 138 Å². The first-order chi connectivity index (χ1) is 11.7. The molecule has 2 N–H and O–H groups in total. The molecular weight excluding hydrogens is 306 g/mol. The molecule has 0 radical (unpaired) electrons. The van der Waals surface area contributed by atoms with Crippen molar-refractivity contribution >= 4 is 5.82 Å². The van der Waals surface area contributed by atoms with Gasteiger partial charge in [0.05, 0.1) is 11.8 Å². The second-order valence-corrected chi connectivity index (χ2v) is 5.92. The van der Waals surface area contributed by atoms with Crippen LogP contribution in [0.1, 0.15) is 12.0 Å². The molecule has 0 saturated carbocycles. The lowest BCUT2D eigenvalue weighted by molar-refractivity contribution is 0.198. The Kier molecular flexibility index (Phi) is 3.66. The molecule has 0 amide bonds. The van der Waals surface area contributed by atoms with Crippen LogP contribution in [0.15, 0.2) is 30.3 Å². The maximum absolute atomic E-state index is 9.81. The fourth-order valence-electron chi connectivity index (χ4n) is 2.78. The Hall–Kier alpha value is -2.87. The molecule has 8 nitrogen and oxygen atoms in total. The van der Waals surface area contributed by atoms with Gasteiger partial charge in [-0.25, -0.2) is 9.97 Å². The summed E-state index contributed by atoms with van der Waals surface area (Å²) in [6.45, 7) is 3.37. The molecule has 0 unspecified atom stereocenters. The van der Waals surface area contributed by atoms with E-state index in [0.29, 0.717) is 18.2 Å². The molecule has 1 saturated heterocycles. The maximum Gasteiger partial charge on any atom is 0.241 e. The van der Waals surface area contributed by atoms with Gasteiger partial charge < -0.3 is 10.0 Å². The summed E-state index contributed by atoms with van der Waals surface area (Å²) in [6.07, 6.45) is 0.415. The zero-order valence-electron chi connectivity index (χ0n) is 13.2. The summed E-state index contributed by atoms with van der Waals surface area (Å²) >= 11 is 0. The van der Waals surface area contributed by atoms with Crippen LogP contribution < -0.4 is 4.90 Å². The van der Waals surface area contributed by atoms with E-state index in [1.165, 1.54) is 5.56 Å². The molecule has 8 heteroatoms. The topological polar surface area (TPSA) is 104 Å². The van der Waals surface area contributed by atoms with E-state index in [1.807, 2.05) is 42.2 Å². The van der Waals surface area contributed by atoms with Gasteiger partial charge in [0, 0.05) is 24.7 Å². The molecule has 0 spiro atoms. The van der Waals surface area contributed by atoms with Gasteiger partial charge in [-0.3, -0.25) is 0 Å². The lowest BCUT2D eigenvalue weighted by Crippen LogP contribution is -2.22. The number of aryl methyl sites for hydroxylation is 1. The Bertz CT molecular complexity index is 832. The monoisotopic (exact) mass is 323 g/mol. The molecule has 3 heterocycles. The number of nitrogens with one attached hydrogen (secondary N) is 1. The first-order valence-corrected chi connectivity index (χ1v) is 7.82. The summed E-state index contributed by atoms with van der Waals surface area (Å²) in [7, 11) is 0. The quantitative estimate of drug-likeness (QED) is 0.746. The molecule has 0 aliphatic carbocycles. The molecule has 3 aromatic rings. The third-order valence-electron chi connectivity index (χ3n) is 4.09. The normalized spacial score (nSPS) is 17.4. The minimum absolute atomic E-state index is 0.323. The standard InChI is InChI=1S/C16H17N7O/c1-10-2-4-11(5-3-10)13-8-14(23-7-6-12(24)9-23)18-15(17-13)16-19-21-22-20-16/h2-5,8,12,24H,6-7,9H2,1H3,(H,19,20,21,22)/t12-/m0/s1. The highest BCUT2D eigenvalue weighted by Gasteiger charge is 2.23. The minimum Gasteiger partial charge on any atom is -0.391 e. The predicted octanol–water partition coefficient (Wildman–Crippen LogP) is 1.20. The number of β-amino-alcohol motifs (C(OH)–C–C–N with tert-alkyl or cyclic N) is 1. The molecular formula is C16H17N7O. The first-order valence-electron chi connectivity index (χ1n) is 7.82. The van der Waals surface area contributed by atoms with Crippen LogP contribution in [0.5, 0.6) is 0 Å². The Balaban J connectivity index is 1.80. The van der Waals surface area contributed by atoms with Crippen molar-refractivity contribution in [3.05, 3.63) is 35.9 Å². The van der Waals surface area contributed by atoms with Crippen LogP contribution in [0.3, 0.4) is 0 Å². The Morgan fingerprint density at radius 2 is 2.00 bits per heavy atom. The average molecular weight is 323 g/mol. The van der Waals surface area contributed by atoms with E-state index in [1.54, 1.807) is 0 Å². The Morgan fingerprint density at radius 1 is 1.17 bits per heavy atom. The van der Waals surface area contributed by atoms with E-state index < -0.39 is 0 Å². The van der Waals surface area contributed by atoms with Crippen LogP contribution in [0, 0.1) is 6.92 Å². The predicted molar refractivity (Wildman–Crippen MR) is 88.2 cm³/mol. The molecule has 122 valence electrons. The van der Waals surface area contributed by atoms with Crippen LogP contribution in [0.2, 0.25) is 0 Å². The summed E-state index contributed by atoms with van der Waals surface area (Å²) in [4.78, 5) is 11.2. The molecule has 4 rings (SSSR count). The second-order valence-electron chi connectivity index (χ2n) is 5.92. The van der Waals surface area contributed by atoms with Crippen molar-refractivity contribution in [2.75, 3.05) is 18.0 Å². The fourth-order valence-corrected chi connectivity index (χ4v) is 2.78. The van der Waals surface area contributed by atoms with Crippen LogP contribution in [-0.4, -0.2) is 54.9 Å². The van der Waals surface area contributed by atoms with Crippen molar-refractivity contribution in [1.29, 1.82) is 0 Å². The van der Waals surface area contributed by atoms with Crippen LogP contribution in [-0.2, 0) is 0 Å². The zero-order valence-corrected chi connectivity index (χ0v) is 13.2. The third kappa shape index (κ3) is 2.83. The summed E-state index contributed by atoms with van der Waals surface area (Å²) < 4.78 is 0. The second kappa shape index (κ2) is 5.97. The highest BCUT2D eigenvalue weighted by molar-refractivity contribution is 5.66. The van der Waals surface area contributed by atoms with Crippen molar-refractivity contribution < 1.29 is 5.11 Å². The molecule has 2 aromatic heterocycles. The zero-order chi connectivity index (χ0) is 16.5. The average Bonchev–Trinajstić information content (AvgIpc) is 3.27. The molecule has 24 heavy (non-hydrogen) atoms. The van der Waals surface area contributed by atoms with Gasteiger partial charge in [0.15, 0.2) is 0 Å². The lowest BCUT2D eigenvalue weighted by Gasteiger charge is -2.18. The highest BCUT2D eigenvalue weighted by atomic mass is 16.3. The van der Waals surface area contributed by atoms with Gasteiger partial charge in [-0.05, 0) is 18.6 Å². The molecule has 1 aliphatic rings. The Morgan fingerprint density at radius 3 is 2.67 bits per heavy atom. The summed E-state index contributed by atoms with van der Waals surface area (Å²) in [5.41, 5.74) is 2.98. The number of nitrogens with zero attached hydrogens (tertiary/aromatic N) is 6. The smallest absolute Gasteiger partial charge is 0.241 e. The number of aliphatic hydroxyl groups is 1. The lowest BCUT2D eigenvalue weighted by atomic mass is 10.1. The number of tetrazole rings is 1. The van der Waals surface area contributed by atoms with Gasteiger partial charge in [-0.2, -0.15) is 5.21 Å². The van der Waals surface area contributed by atoms with Crippen LogP contribution in [0.25, 0.3) is 22.9 Å². The van der Waals surface area contributed by atoms with Crippen LogP contribution >= 0.6 is 0 Å². The molecule has 1 aromatic carbocycles. The van der Waals surface area contributed by atoms with Crippen molar-refractivity contribution in [3.8, 4) is 22.9 Å². The first kappa shape index (κ1) is 14.7. The summed E-state index contributed by atoms with van der Waals surface area (Å²) in [5.74, 6) is 1.53. The molecule has 1 fully saturated rings. The van der Waals surface area contributed by atoms with Crippen molar-refractivity contribution in [3.63, 3.8) is 0 Å². The number of hydrogen-bond donors (Lipinski definition) is 2. The van der Waals surface area contributed by atoms with Crippen molar-refractivity contribution in [2.24, 2.45) is 0 Å². The SMILES string of the molecule is Cc1ccc(-c2cc(N3CC[C@H](O)C3)nc(-c3nn[nH]n3)n2)cc1. The molecule has 1 aliphatic heterocycles. The molecule has 0 bridgehead atoms. The highest BCUT2D eigenvalue weighted by Crippen LogP contribution is 2.26. The summed E-state index contributed by atoms with van der Waals surface area (Å²) in [6, 6.07) is 10.1. The van der Waals surface area contributed by atoms with Gasteiger partial charge in [0.1, 0.15) is 5.82 Å². The van der Waals surface area contributed by atoms with E-state index in [9.17, 15) is 5.11 Å². The van der Waals surface area contributed by atoms with E-state index in [0.717, 1.165) is 30.0 Å². The van der Waals surface area contributed by atoms with Gasteiger partial charge in [-0.1, -0.05) is 29.8 Å². The largest absolute Gasteiger partial charge is 0.391 e.